The monoisotopic (exact) mass is 388 g/mol. The van der Waals surface area contributed by atoms with Crippen molar-refractivity contribution in [3.63, 3.8) is 0 Å². The summed E-state index contributed by atoms with van der Waals surface area (Å²) < 4.78 is 39.7. The average molecular weight is 388 g/mol. The van der Waals surface area contributed by atoms with Gasteiger partial charge >= 0.3 is 6.18 Å². The van der Waals surface area contributed by atoms with Gasteiger partial charge in [0.25, 0.3) is 0 Å². The summed E-state index contributed by atoms with van der Waals surface area (Å²) in [5.41, 5.74) is 0.215. The molecule has 1 fully saturated rings. The van der Waals surface area contributed by atoms with E-state index >= 15 is 0 Å². The maximum atomic E-state index is 12.6. The highest BCUT2D eigenvalue weighted by Crippen LogP contribution is 2.28. The van der Waals surface area contributed by atoms with Crippen LogP contribution in [0, 0.1) is 11.3 Å². The Balaban J connectivity index is 1.48. The van der Waals surface area contributed by atoms with Crippen LogP contribution in [0.25, 0.3) is 5.65 Å². The lowest BCUT2D eigenvalue weighted by atomic mass is 9.95. The van der Waals surface area contributed by atoms with Crippen LogP contribution in [0.2, 0.25) is 0 Å². The van der Waals surface area contributed by atoms with Crippen molar-refractivity contribution in [2.45, 2.75) is 24.6 Å². The molecule has 0 bridgehead atoms. The number of hydrogen-bond donors (Lipinski definition) is 2. The molecule has 11 heteroatoms. The molecular weight excluding hydrogens is 373 g/mol. The standard InChI is InChI=1S/C17H15F3N8/c18-17(19,20)12-7-23-16(24-8-12)25-13-4-11(6-22-9-13)15-27-26-14-3-10(5-21)1-2-28(14)15/h1-3,7-8,11,13,22H,4,6,9H2,(H,23,24,25)/t11-,13+/m1/s1. The summed E-state index contributed by atoms with van der Waals surface area (Å²) in [7, 11) is 0. The van der Waals surface area contributed by atoms with Crippen molar-refractivity contribution < 1.29 is 13.2 Å². The van der Waals surface area contributed by atoms with Crippen LogP contribution in [0.1, 0.15) is 29.3 Å². The zero-order chi connectivity index (χ0) is 19.7. The van der Waals surface area contributed by atoms with Crippen LogP contribution in [0.3, 0.4) is 0 Å². The molecule has 4 rings (SSSR count). The minimum atomic E-state index is -4.46. The maximum Gasteiger partial charge on any atom is 0.419 e. The zero-order valence-corrected chi connectivity index (χ0v) is 14.5. The highest BCUT2D eigenvalue weighted by Gasteiger charge is 2.32. The zero-order valence-electron chi connectivity index (χ0n) is 14.5. The molecule has 1 aliphatic rings. The number of piperidine rings is 1. The summed E-state index contributed by atoms with van der Waals surface area (Å²) in [6, 6.07) is 5.35. The SMILES string of the molecule is N#Cc1ccn2c([C@H]3CNC[C@@H](Nc4ncc(C(F)(F)F)cn4)C3)nnc2c1. The Labute approximate surface area is 157 Å². The number of nitriles is 1. The van der Waals surface area contributed by atoms with Crippen molar-refractivity contribution in [3.8, 4) is 6.07 Å². The normalized spacial score (nSPS) is 20.1. The van der Waals surface area contributed by atoms with Crippen LogP contribution in [0.5, 0.6) is 0 Å². The van der Waals surface area contributed by atoms with Crippen molar-refractivity contribution in [1.29, 1.82) is 5.26 Å². The third kappa shape index (κ3) is 3.59. The van der Waals surface area contributed by atoms with Gasteiger partial charge in [-0.1, -0.05) is 0 Å². The molecule has 3 aromatic heterocycles. The number of halogens is 3. The van der Waals surface area contributed by atoms with E-state index in [9.17, 15) is 13.2 Å². The van der Waals surface area contributed by atoms with Crippen LogP contribution in [-0.2, 0) is 6.18 Å². The molecule has 2 atom stereocenters. The smallest absolute Gasteiger partial charge is 0.350 e. The van der Waals surface area contributed by atoms with E-state index in [1.165, 1.54) is 0 Å². The molecule has 28 heavy (non-hydrogen) atoms. The summed E-state index contributed by atoms with van der Waals surface area (Å²) >= 11 is 0. The molecule has 4 heterocycles. The fourth-order valence-electron chi connectivity index (χ4n) is 3.24. The van der Waals surface area contributed by atoms with Crippen molar-refractivity contribution in [2.24, 2.45) is 0 Å². The summed E-state index contributed by atoms with van der Waals surface area (Å²) in [4.78, 5) is 7.52. The molecule has 0 amide bonds. The van der Waals surface area contributed by atoms with E-state index < -0.39 is 11.7 Å². The topological polar surface area (TPSA) is 104 Å². The van der Waals surface area contributed by atoms with Gasteiger partial charge in [0.2, 0.25) is 5.95 Å². The fourth-order valence-corrected chi connectivity index (χ4v) is 3.24. The second kappa shape index (κ2) is 7.05. The highest BCUT2D eigenvalue weighted by molar-refractivity contribution is 5.46. The number of aromatic nitrogens is 5. The lowest BCUT2D eigenvalue weighted by Crippen LogP contribution is -2.43. The third-order valence-corrected chi connectivity index (χ3v) is 4.59. The Hall–Kier alpha value is -3.26. The molecule has 0 saturated carbocycles. The van der Waals surface area contributed by atoms with Gasteiger partial charge in [0, 0.05) is 49.7 Å². The molecule has 3 aromatic rings. The minimum absolute atomic E-state index is 0.0311. The fraction of sp³-hybridized carbons (Fsp3) is 0.353. The van der Waals surface area contributed by atoms with Gasteiger partial charge in [-0.2, -0.15) is 18.4 Å². The van der Waals surface area contributed by atoms with Crippen molar-refractivity contribution in [1.82, 2.24) is 29.9 Å². The Morgan fingerprint density at radius 3 is 2.71 bits per heavy atom. The van der Waals surface area contributed by atoms with Crippen LogP contribution >= 0.6 is 0 Å². The molecule has 0 aromatic carbocycles. The van der Waals surface area contributed by atoms with Gasteiger partial charge in [-0.15, -0.1) is 10.2 Å². The number of pyridine rings is 1. The van der Waals surface area contributed by atoms with E-state index in [2.05, 4.69) is 36.9 Å². The molecular formula is C17H15F3N8. The van der Waals surface area contributed by atoms with E-state index in [0.717, 1.165) is 18.2 Å². The largest absolute Gasteiger partial charge is 0.419 e. The molecule has 0 radical (unpaired) electrons. The number of anilines is 1. The first-order chi connectivity index (χ1) is 13.4. The van der Waals surface area contributed by atoms with Crippen LogP contribution in [0.4, 0.5) is 19.1 Å². The number of hydrogen-bond acceptors (Lipinski definition) is 7. The first-order valence-electron chi connectivity index (χ1n) is 8.55. The quantitative estimate of drug-likeness (QED) is 0.707. The second-order valence-electron chi connectivity index (χ2n) is 6.54. The molecule has 1 aliphatic heterocycles. The minimum Gasteiger partial charge on any atom is -0.350 e. The predicted octanol–water partition coefficient (Wildman–Crippen LogP) is 1.97. The summed E-state index contributed by atoms with van der Waals surface area (Å²) in [5.74, 6) is 0.931. The van der Waals surface area contributed by atoms with E-state index in [1.807, 2.05) is 4.40 Å². The molecule has 0 unspecified atom stereocenters. The average Bonchev–Trinajstić information content (AvgIpc) is 3.11. The van der Waals surface area contributed by atoms with E-state index in [0.29, 0.717) is 30.7 Å². The maximum absolute atomic E-state index is 12.6. The third-order valence-electron chi connectivity index (χ3n) is 4.59. The van der Waals surface area contributed by atoms with Gasteiger partial charge in [0.15, 0.2) is 5.65 Å². The van der Waals surface area contributed by atoms with Gasteiger partial charge in [-0.3, -0.25) is 4.40 Å². The first kappa shape index (κ1) is 18.1. The lowest BCUT2D eigenvalue weighted by Gasteiger charge is -2.29. The van der Waals surface area contributed by atoms with Crippen molar-refractivity contribution >= 4 is 11.6 Å². The molecule has 1 saturated heterocycles. The van der Waals surface area contributed by atoms with Gasteiger partial charge < -0.3 is 10.6 Å². The van der Waals surface area contributed by atoms with Crippen molar-refractivity contribution in [2.75, 3.05) is 18.4 Å². The molecule has 0 spiro atoms. The molecule has 8 nitrogen and oxygen atoms in total. The molecule has 2 N–H and O–H groups in total. The van der Waals surface area contributed by atoms with Crippen molar-refractivity contribution in [3.05, 3.63) is 47.7 Å². The van der Waals surface area contributed by atoms with E-state index in [-0.39, 0.29) is 17.9 Å². The van der Waals surface area contributed by atoms with E-state index in [4.69, 9.17) is 5.26 Å². The number of fused-ring (bicyclic) bond motifs is 1. The highest BCUT2D eigenvalue weighted by atomic mass is 19.4. The number of alkyl halides is 3. The Kier molecular flexibility index (Phi) is 4.56. The number of nitrogens with one attached hydrogen (secondary N) is 2. The van der Waals surface area contributed by atoms with Crippen LogP contribution in [0.15, 0.2) is 30.7 Å². The first-order valence-corrected chi connectivity index (χ1v) is 8.55. The number of nitrogens with zero attached hydrogens (tertiary/aromatic N) is 6. The lowest BCUT2D eigenvalue weighted by molar-refractivity contribution is -0.138. The van der Waals surface area contributed by atoms with Gasteiger partial charge in [0.05, 0.1) is 17.2 Å². The molecule has 144 valence electrons. The summed E-state index contributed by atoms with van der Waals surface area (Å²) in [6.45, 7) is 1.31. The second-order valence-corrected chi connectivity index (χ2v) is 6.54. The van der Waals surface area contributed by atoms with Crippen LogP contribution < -0.4 is 10.6 Å². The van der Waals surface area contributed by atoms with Gasteiger partial charge in [-0.25, -0.2) is 9.97 Å². The Bertz CT molecular complexity index is 1020. The summed E-state index contributed by atoms with van der Waals surface area (Å²) in [6.07, 6.45) is -0.489. The Morgan fingerprint density at radius 2 is 2.00 bits per heavy atom. The summed E-state index contributed by atoms with van der Waals surface area (Å²) in [5, 5.41) is 23.7. The van der Waals surface area contributed by atoms with E-state index in [1.54, 1.807) is 18.3 Å². The molecule has 0 aliphatic carbocycles. The predicted molar refractivity (Wildman–Crippen MR) is 92.4 cm³/mol. The number of rotatable bonds is 3. The van der Waals surface area contributed by atoms with Crippen LogP contribution in [-0.4, -0.2) is 43.7 Å². The Morgan fingerprint density at radius 1 is 1.21 bits per heavy atom. The van der Waals surface area contributed by atoms with Gasteiger partial charge in [-0.05, 0) is 12.5 Å². The van der Waals surface area contributed by atoms with Gasteiger partial charge in [0.1, 0.15) is 5.82 Å².